The molecule has 4 aromatic rings. The number of para-hydroxylation sites is 2. The zero-order chi connectivity index (χ0) is 28.5. The molecule has 1 heterocycles. The first-order chi connectivity index (χ1) is 19.0. The van der Waals surface area contributed by atoms with E-state index in [1.165, 1.54) is 48.5 Å². The van der Waals surface area contributed by atoms with Gasteiger partial charge in [0, 0.05) is 20.9 Å². The number of nitrogens with one attached hydrogen (secondary N) is 2. The number of benzene rings is 4. The molecule has 1 aliphatic heterocycles. The average molecular weight is 663 g/mol. The summed E-state index contributed by atoms with van der Waals surface area (Å²) in [5.41, 5.74) is 1.00. The monoisotopic (exact) mass is 661 g/mol. The fourth-order valence-electron chi connectivity index (χ4n) is 3.97. The number of rotatable bonds is 7. The molecule has 1 atom stereocenters. The number of carbonyl (C=O) groups excluding carboxylic acids is 1. The lowest BCUT2D eigenvalue weighted by Crippen LogP contribution is -2.48. The van der Waals surface area contributed by atoms with Crippen molar-refractivity contribution in [3.05, 3.63) is 107 Å². The van der Waals surface area contributed by atoms with Crippen LogP contribution in [0.1, 0.15) is 0 Å². The molecule has 40 heavy (non-hydrogen) atoms. The van der Waals surface area contributed by atoms with Crippen molar-refractivity contribution in [2.45, 2.75) is 15.9 Å². The molecule has 5 rings (SSSR count). The number of anilines is 3. The Morgan fingerprint density at radius 1 is 0.825 bits per heavy atom. The van der Waals surface area contributed by atoms with Crippen LogP contribution in [0.25, 0.3) is 0 Å². The third kappa shape index (κ3) is 5.94. The average Bonchev–Trinajstić information content (AvgIpc) is 2.94. The van der Waals surface area contributed by atoms with Gasteiger partial charge >= 0.3 is 0 Å². The predicted molar refractivity (Wildman–Crippen MR) is 157 cm³/mol. The second-order valence-corrected chi connectivity index (χ2v) is 13.6. The minimum atomic E-state index is -4.04. The Labute approximate surface area is 245 Å². The third-order valence-corrected chi connectivity index (χ3v) is 9.93. The lowest BCUT2D eigenvalue weighted by Gasteiger charge is -2.34. The lowest BCUT2D eigenvalue weighted by atomic mass is 10.2. The van der Waals surface area contributed by atoms with Crippen molar-refractivity contribution in [1.82, 2.24) is 0 Å². The molecule has 0 saturated carbocycles. The Morgan fingerprint density at radius 3 is 2.10 bits per heavy atom. The van der Waals surface area contributed by atoms with E-state index < -0.39 is 32.1 Å². The van der Waals surface area contributed by atoms with E-state index >= 15 is 0 Å². The third-order valence-electron chi connectivity index (χ3n) is 5.96. The standard InChI is InChI=1S/C27H21BrClN3O6S2/c28-18-5-9-21(10-6-18)31-39(34,35)22-15-11-20(12-16-22)30-27(33)26-17-32(24-3-1-2-4-25(24)38-26)40(36,37)23-13-7-19(29)8-14-23/h1-16,26,31H,17H2,(H,30,33). The van der Waals surface area contributed by atoms with Crippen molar-refractivity contribution in [3.63, 3.8) is 0 Å². The number of sulfonamides is 2. The van der Waals surface area contributed by atoms with Gasteiger partial charge in [-0.25, -0.2) is 16.8 Å². The van der Waals surface area contributed by atoms with Crippen molar-refractivity contribution in [2.24, 2.45) is 0 Å². The summed E-state index contributed by atoms with van der Waals surface area (Å²) in [4.78, 5) is 13.2. The van der Waals surface area contributed by atoms with Crippen LogP contribution >= 0.6 is 27.5 Å². The maximum absolute atomic E-state index is 13.5. The normalized spacial score (nSPS) is 15.1. The summed E-state index contributed by atoms with van der Waals surface area (Å²) in [6, 6.07) is 24.5. The molecule has 2 N–H and O–H groups in total. The van der Waals surface area contributed by atoms with Gasteiger partial charge in [-0.1, -0.05) is 39.7 Å². The molecular formula is C27H21BrClN3O6S2. The van der Waals surface area contributed by atoms with E-state index in [2.05, 4.69) is 26.0 Å². The summed E-state index contributed by atoms with van der Waals surface area (Å²) in [5.74, 6) is -0.374. The van der Waals surface area contributed by atoms with Crippen LogP contribution in [-0.2, 0) is 24.8 Å². The van der Waals surface area contributed by atoms with E-state index in [4.69, 9.17) is 16.3 Å². The van der Waals surface area contributed by atoms with Gasteiger partial charge in [-0.05, 0) is 84.9 Å². The summed E-state index contributed by atoms with van der Waals surface area (Å²) in [7, 11) is -7.91. The molecule has 1 amide bonds. The first kappa shape index (κ1) is 28.0. The van der Waals surface area contributed by atoms with E-state index in [9.17, 15) is 21.6 Å². The fraction of sp³-hybridized carbons (Fsp3) is 0.0741. The van der Waals surface area contributed by atoms with E-state index in [0.717, 1.165) is 8.78 Å². The number of nitrogens with zero attached hydrogens (tertiary/aromatic N) is 1. The maximum atomic E-state index is 13.5. The quantitative estimate of drug-likeness (QED) is 0.270. The SMILES string of the molecule is O=C(Nc1ccc(S(=O)(=O)Nc2ccc(Br)cc2)cc1)C1CN(S(=O)(=O)c2ccc(Cl)cc2)c2ccccc2O1. The van der Waals surface area contributed by atoms with Crippen LogP contribution in [0, 0.1) is 0 Å². The molecular weight excluding hydrogens is 642 g/mol. The highest BCUT2D eigenvalue weighted by Crippen LogP contribution is 2.37. The zero-order valence-electron chi connectivity index (χ0n) is 20.5. The second-order valence-electron chi connectivity index (χ2n) is 8.69. The highest BCUT2D eigenvalue weighted by atomic mass is 79.9. The Hall–Kier alpha value is -3.58. The van der Waals surface area contributed by atoms with Gasteiger partial charge < -0.3 is 10.1 Å². The van der Waals surface area contributed by atoms with Crippen molar-refractivity contribution in [2.75, 3.05) is 20.9 Å². The van der Waals surface area contributed by atoms with Gasteiger partial charge in [-0.2, -0.15) is 0 Å². The van der Waals surface area contributed by atoms with Crippen LogP contribution < -0.4 is 19.1 Å². The number of hydrogen-bond acceptors (Lipinski definition) is 6. The smallest absolute Gasteiger partial charge is 0.267 e. The molecule has 0 spiro atoms. The lowest BCUT2D eigenvalue weighted by molar-refractivity contribution is -0.122. The molecule has 9 nitrogen and oxygen atoms in total. The van der Waals surface area contributed by atoms with E-state index in [1.54, 1.807) is 48.5 Å². The van der Waals surface area contributed by atoms with Crippen molar-refractivity contribution in [3.8, 4) is 5.75 Å². The molecule has 1 unspecified atom stereocenters. The maximum Gasteiger partial charge on any atom is 0.267 e. The summed E-state index contributed by atoms with van der Waals surface area (Å²) in [6.07, 6.45) is -1.18. The molecule has 0 aliphatic carbocycles. The first-order valence-corrected chi connectivity index (χ1v) is 15.9. The Balaban J connectivity index is 1.33. The number of carbonyl (C=O) groups is 1. The van der Waals surface area contributed by atoms with Gasteiger partial charge in [0.1, 0.15) is 5.75 Å². The molecule has 13 heteroatoms. The molecule has 0 bridgehead atoms. The number of hydrogen-bond donors (Lipinski definition) is 2. The molecule has 0 radical (unpaired) electrons. The highest BCUT2D eigenvalue weighted by molar-refractivity contribution is 9.10. The van der Waals surface area contributed by atoms with Crippen LogP contribution in [0.15, 0.2) is 111 Å². The minimum absolute atomic E-state index is 0.00325. The van der Waals surface area contributed by atoms with Crippen LogP contribution in [-0.4, -0.2) is 35.4 Å². The van der Waals surface area contributed by atoms with Gasteiger partial charge in [0.25, 0.3) is 26.0 Å². The number of ether oxygens (including phenoxy) is 1. The van der Waals surface area contributed by atoms with E-state index in [1.807, 2.05) is 0 Å². The van der Waals surface area contributed by atoms with Crippen LogP contribution in [0.2, 0.25) is 5.02 Å². The Kier molecular flexibility index (Phi) is 7.78. The summed E-state index contributed by atoms with van der Waals surface area (Å²) in [5, 5.41) is 3.06. The van der Waals surface area contributed by atoms with Gasteiger partial charge in [0.05, 0.1) is 22.0 Å². The van der Waals surface area contributed by atoms with Gasteiger partial charge in [0.2, 0.25) is 0 Å². The number of amides is 1. The fourth-order valence-corrected chi connectivity index (χ4v) is 6.90. The van der Waals surface area contributed by atoms with Crippen LogP contribution in [0.4, 0.5) is 17.1 Å². The predicted octanol–water partition coefficient (Wildman–Crippen LogP) is 5.50. The molecule has 0 fully saturated rings. The van der Waals surface area contributed by atoms with Crippen molar-refractivity contribution < 1.29 is 26.4 Å². The Morgan fingerprint density at radius 2 is 1.43 bits per heavy atom. The molecule has 1 aliphatic rings. The summed E-state index contributed by atoms with van der Waals surface area (Å²) >= 11 is 9.23. The van der Waals surface area contributed by atoms with E-state index in [0.29, 0.717) is 22.1 Å². The van der Waals surface area contributed by atoms with Crippen molar-refractivity contribution >= 4 is 70.5 Å². The summed E-state index contributed by atoms with van der Waals surface area (Å²) in [6.45, 7) is -0.280. The topological polar surface area (TPSA) is 122 Å². The second kappa shape index (κ2) is 11.1. The summed E-state index contributed by atoms with van der Waals surface area (Å²) < 4.78 is 62.8. The molecule has 0 saturated heterocycles. The largest absolute Gasteiger partial charge is 0.476 e. The molecule has 0 aromatic heterocycles. The first-order valence-electron chi connectivity index (χ1n) is 11.8. The molecule has 206 valence electrons. The molecule has 4 aromatic carbocycles. The number of fused-ring (bicyclic) bond motifs is 1. The van der Waals surface area contributed by atoms with Gasteiger partial charge in [-0.15, -0.1) is 0 Å². The van der Waals surface area contributed by atoms with Crippen LogP contribution in [0.3, 0.4) is 0 Å². The van der Waals surface area contributed by atoms with Gasteiger partial charge in [-0.3, -0.25) is 13.8 Å². The van der Waals surface area contributed by atoms with Crippen LogP contribution in [0.5, 0.6) is 5.75 Å². The number of halogens is 2. The Bertz CT molecular complexity index is 1770. The highest BCUT2D eigenvalue weighted by Gasteiger charge is 2.37. The van der Waals surface area contributed by atoms with Gasteiger partial charge in [0.15, 0.2) is 6.10 Å². The van der Waals surface area contributed by atoms with E-state index in [-0.39, 0.29) is 22.1 Å². The van der Waals surface area contributed by atoms with Crippen molar-refractivity contribution in [1.29, 1.82) is 0 Å². The zero-order valence-corrected chi connectivity index (χ0v) is 24.5. The minimum Gasteiger partial charge on any atom is -0.476 e.